The van der Waals surface area contributed by atoms with Crippen LogP contribution in [0.3, 0.4) is 0 Å². The van der Waals surface area contributed by atoms with Gasteiger partial charge in [-0.3, -0.25) is 14.8 Å². The highest BCUT2D eigenvalue weighted by atomic mass is 19.4. The smallest absolute Gasteiger partial charge is 0.475 e. The van der Waals surface area contributed by atoms with Crippen molar-refractivity contribution in [3.8, 4) is 0 Å². The van der Waals surface area contributed by atoms with Crippen molar-refractivity contribution in [2.24, 2.45) is 0 Å². The third kappa shape index (κ3) is 15.5. The predicted molar refractivity (Wildman–Crippen MR) is 130 cm³/mol. The molecule has 0 aliphatic carbocycles. The van der Waals surface area contributed by atoms with Crippen LogP contribution < -0.4 is 0 Å². The number of rotatable bonds is 4. The second kappa shape index (κ2) is 17.4. The van der Waals surface area contributed by atoms with Gasteiger partial charge in [0.1, 0.15) is 11.6 Å². The van der Waals surface area contributed by atoms with E-state index in [0.29, 0.717) is 0 Å². The molecule has 0 unspecified atom stereocenters. The minimum atomic E-state index is -5.08. The third-order valence-corrected chi connectivity index (χ3v) is 5.48. The maximum absolute atomic E-state index is 10.6. The van der Waals surface area contributed by atoms with Crippen LogP contribution in [0.5, 0.6) is 0 Å². The van der Waals surface area contributed by atoms with Crippen LogP contribution in [-0.4, -0.2) is 114 Å². The van der Waals surface area contributed by atoms with Gasteiger partial charge in [0.05, 0.1) is 26.3 Å². The van der Waals surface area contributed by atoms with Gasteiger partial charge in [-0.25, -0.2) is 14.4 Å². The van der Waals surface area contributed by atoms with Gasteiger partial charge in [-0.1, -0.05) is 0 Å². The summed E-state index contributed by atoms with van der Waals surface area (Å²) in [7, 11) is 0. The van der Waals surface area contributed by atoms with Gasteiger partial charge in [-0.05, 0) is 24.1 Å². The van der Waals surface area contributed by atoms with Crippen molar-refractivity contribution in [3.63, 3.8) is 0 Å². The van der Waals surface area contributed by atoms with Gasteiger partial charge in [-0.15, -0.1) is 10.2 Å². The molecular weight excluding hydrogens is 643 g/mol. The molecule has 0 amide bonds. The molecular formula is C23H27F9N6O7. The summed E-state index contributed by atoms with van der Waals surface area (Å²) in [6.45, 7) is 8.37. The number of hydrogen-bond donors (Lipinski definition) is 3. The average molecular weight is 670 g/mol. The average Bonchev–Trinajstić information content (AvgIpc) is 3.17. The van der Waals surface area contributed by atoms with Crippen molar-refractivity contribution in [1.82, 2.24) is 29.5 Å². The van der Waals surface area contributed by atoms with E-state index in [4.69, 9.17) is 34.4 Å². The Morgan fingerprint density at radius 1 is 0.711 bits per heavy atom. The van der Waals surface area contributed by atoms with Crippen LogP contribution in [0.4, 0.5) is 39.5 Å². The van der Waals surface area contributed by atoms with Gasteiger partial charge in [0, 0.05) is 45.1 Å². The number of carboxylic acids is 3. The van der Waals surface area contributed by atoms with Crippen molar-refractivity contribution in [2.45, 2.75) is 51.1 Å². The number of carbonyl (C=O) groups is 3. The van der Waals surface area contributed by atoms with Crippen molar-refractivity contribution >= 4 is 17.9 Å². The summed E-state index contributed by atoms with van der Waals surface area (Å²) < 4.78 is 103. The van der Waals surface area contributed by atoms with Gasteiger partial charge >= 0.3 is 36.4 Å². The highest BCUT2D eigenvalue weighted by molar-refractivity contribution is 5.73. The van der Waals surface area contributed by atoms with Crippen LogP contribution in [0.15, 0.2) is 24.5 Å². The Balaban J connectivity index is 0.000000396. The van der Waals surface area contributed by atoms with E-state index in [1.807, 2.05) is 12.4 Å². The largest absolute Gasteiger partial charge is 0.490 e. The first-order valence-electron chi connectivity index (χ1n) is 12.4. The fraction of sp³-hybridized carbons (Fsp3) is 0.565. The summed E-state index contributed by atoms with van der Waals surface area (Å²) >= 11 is 0. The predicted octanol–water partition coefficient (Wildman–Crippen LogP) is 2.81. The fourth-order valence-corrected chi connectivity index (χ4v) is 3.44. The van der Waals surface area contributed by atoms with Crippen molar-refractivity contribution in [1.29, 1.82) is 0 Å². The van der Waals surface area contributed by atoms with Crippen LogP contribution in [0, 0.1) is 0 Å². The number of hydrogen-bond acceptors (Lipinski definition) is 9. The number of fused-ring (bicyclic) bond motifs is 1. The van der Waals surface area contributed by atoms with E-state index >= 15 is 0 Å². The molecule has 1 fully saturated rings. The molecule has 0 bridgehead atoms. The number of alkyl halides is 9. The molecule has 2 aliphatic heterocycles. The van der Waals surface area contributed by atoms with E-state index in [1.54, 1.807) is 0 Å². The zero-order valence-corrected chi connectivity index (χ0v) is 22.9. The number of nitrogens with zero attached hydrogens (tertiary/aromatic N) is 6. The molecule has 13 nitrogen and oxygen atoms in total. The van der Waals surface area contributed by atoms with Gasteiger partial charge in [0.2, 0.25) is 0 Å². The summed E-state index contributed by atoms with van der Waals surface area (Å²) in [6, 6.07) is 4.17. The first-order chi connectivity index (χ1) is 20.7. The lowest BCUT2D eigenvalue weighted by Gasteiger charge is -2.26. The van der Waals surface area contributed by atoms with E-state index in [-0.39, 0.29) is 0 Å². The summed E-state index contributed by atoms with van der Waals surface area (Å²) in [5, 5.41) is 30.3. The summed E-state index contributed by atoms with van der Waals surface area (Å²) in [6.07, 6.45) is -10.4. The summed E-state index contributed by atoms with van der Waals surface area (Å²) in [5.41, 5.74) is 1.30. The zero-order chi connectivity index (χ0) is 34.4. The molecule has 0 aromatic carbocycles. The number of morpholine rings is 1. The second-order valence-corrected chi connectivity index (χ2v) is 8.90. The lowest BCUT2D eigenvalue weighted by Crippen LogP contribution is -2.36. The molecule has 2 aromatic rings. The first-order valence-corrected chi connectivity index (χ1v) is 12.4. The topological polar surface area (TPSA) is 171 Å². The highest BCUT2D eigenvalue weighted by Crippen LogP contribution is 2.17. The molecule has 22 heteroatoms. The van der Waals surface area contributed by atoms with Gasteiger partial charge in [0.25, 0.3) is 0 Å². The van der Waals surface area contributed by atoms with Crippen molar-refractivity contribution < 1.29 is 74.0 Å². The molecule has 2 aliphatic rings. The number of pyridine rings is 1. The Kier molecular flexibility index (Phi) is 15.1. The molecule has 0 spiro atoms. The Hall–Kier alpha value is -4.05. The van der Waals surface area contributed by atoms with Crippen molar-refractivity contribution in [2.75, 3.05) is 32.8 Å². The number of carboxylic acid groups (broad SMARTS) is 3. The first kappa shape index (κ1) is 39.0. The lowest BCUT2D eigenvalue weighted by molar-refractivity contribution is -0.193. The Morgan fingerprint density at radius 2 is 1.18 bits per heavy atom. The Bertz CT molecular complexity index is 1160. The van der Waals surface area contributed by atoms with E-state index in [9.17, 15) is 39.5 Å². The van der Waals surface area contributed by atoms with Crippen molar-refractivity contribution in [3.05, 3.63) is 41.7 Å². The van der Waals surface area contributed by atoms with E-state index in [1.165, 1.54) is 5.56 Å². The SMILES string of the molecule is O=C(O)C(F)(F)F.O=C(O)C(F)(F)F.O=C(O)C(F)(F)F.c1cc(CN2CCCn3c(CN4CCOCC4)nnc3C2)ccn1. The van der Waals surface area contributed by atoms with Gasteiger partial charge < -0.3 is 24.6 Å². The molecule has 4 heterocycles. The maximum Gasteiger partial charge on any atom is 0.490 e. The van der Waals surface area contributed by atoms with Crippen LogP contribution in [0.1, 0.15) is 23.6 Å². The van der Waals surface area contributed by atoms with Gasteiger partial charge in [0.15, 0.2) is 0 Å². The van der Waals surface area contributed by atoms with E-state index in [2.05, 4.69) is 41.7 Å². The fourth-order valence-electron chi connectivity index (χ4n) is 3.44. The number of aromatic nitrogens is 4. The molecule has 0 radical (unpaired) electrons. The molecule has 0 saturated carbocycles. The Morgan fingerprint density at radius 3 is 1.62 bits per heavy atom. The van der Waals surface area contributed by atoms with Crippen LogP contribution >= 0.6 is 0 Å². The van der Waals surface area contributed by atoms with Gasteiger partial charge in [-0.2, -0.15) is 39.5 Å². The molecule has 254 valence electrons. The monoisotopic (exact) mass is 670 g/mol. The summed E-state index contributed by atoms with van der Waals surface area (Å²) in [5.74, 6) is -6.09. The number of halogens is 9. The minimum absolute atomic E-state index is 0.820. The molecule has 0 atom stereocenters. The highest BCUT2D eigenvalue weighted by Gasteiger charge is 2.39. The summed E-state index contributed by atoms with van der Waals surface area (Å²) in [4.78, 5) is 35.6. The molecule has 45 heavy (non-hydrogen) atoms. The second-order valence-electron chi connectivity index (χ2n) is 8.90. The quantitative estimate of drug-likeness (QED) is 0.407. The standard InChI is InChI=1S/C17H24N6O.3C2HF3O2/c1-6-22(12-15-2-4-18-5-3-15)14-17-20-19-16(23(17)7-1)13-21-8-10-24-11-9-21;3*3-2(4,5)1(6)7/h2-5H,1,6-14H2;3*(H,6,7). The molecule has 3 N–H and O–H groups in total. The lowest BCUT2D eigenvalue weighted by atomic mass is 10.2. The normalized spacial score (nSPS) is 15.8. The molecule has 1 saturated heterocycles. The van der Waals surface area contributed by atoms with E-state index in [0.717, 1.165) is 77.1 Å². The van der Waals surface area contributed by atoms with Crippen LogP contribution in [0.2, 0.25) is 0 Å². The molecule has 4 rings (SSSR count). The van der Waals surface area contributed by atoms with E-state index < -0.39 is 36.4 Å². The zero-order valence-electron chi connectivity index (χ0n) is 22.9. The Labute approximate surface area is 247 Å². The number of ether oxygens (including phenoxy) is 1. The third-order valence-electron chi connectivity index (χ3n) is 5.48. The maximum atomic E-state index is 10.6. The minimum Gasteiger partial charge on any atom is -0.475 e. The molecule has 2 aromatic heterocycles. The van der Waals surface area contributed by atoms with Crippen LogP contribution in [-0.2, 0) is 45.3 Å². The van der Waals surface area contributed by atoms with Crippen LogP contribution in [0.25, 0.3) is 0 Å². The number of aliphatic carboxylic acids is 3.